The van der Waals surface area contributed by atoms with Gasteiger partial charge in [-0.2, -0.15) is 13.2 Å². The molecule has 0 radical (unpaired) electrons. The summed E-state index contributed by atoms with van der Waals surface area (Å²) in [6, 6.07) is 4.35. The number of anilines is 1. The highest BCUT2D eigenvalue weighted by molar-refractivity contribution is 5.73. The van der Waals surface area contributed by atoms with E-state index >= 15 is 0 Å². The molecule has 0 amide bonds. The molecule has 0 aromatic carbocycles. The van der Waals surface area contributed by atoms with Crippen molar-refractivity contribution in [2.75, 3.05) is 18.4 Å². The van der Waals surface area contributed by atoms with Crippen molar-refractivity contribution in [3.8, 4) is 0 Å². The Morgan fingerprint density at radius 2 is 2.12 bits per heavy atom. The van der Waals surface area contributed by atoms with Crippen LogP contribution in [0.3, 0.4) is 0 Å². The van der Waals surface area contributed by atoms with E-state index in [1.54, 1.807) is 12.4 Å². The number of carboxylic acid groups (broad SMARTS) is 1. The lowest BCUT2D eigenvalue weighted by atomic mass is 10.1. The van der Waals surface area contributed by atoms with Gasteiger partial charge in [0.1, 0.15) is 11.3 Å². The molecule has 0 spiro atoms. The van der Waals surface area contributed by atoms with Gasteiger partial charge in [-0.15, -0.1) is 0 Å². The maximum Gasteiger partial charge on any atom is 0.490 e. The first-order valence-corrected chi connectivity index (χ1v) is 7.71. The minimum Gasteiger partial charge on any atom is -0.475 e. The summed E-state index contributed by atoms with van der Waals surface area (Å²) in [5.74, 6) is -1.93. The SMILES string of the molecule is O=C(O)C(F)(F)F.c1cnc2ncc(NCC3CCCCN3)nc2c1. The van der Waals surface area contributed by atoms with Crippen LogP contribution in [0.2, 0.25) is 0 Å². The maximum absolute atomic E-state index is 10.6. The number of aliphatic carboxylic acids is 1. The second-order valence-electron chi connectivity index (χ2n) is 5.43. The van der Waals surface area contributed by atoms with Crippen LogP contribution in [0.1, 0.15) is 19.3 Å². The fourth-order valence-electron chi connectivity index (χ4n) is 2.27. The molecule has 3 N–H and O–H groups in total. The molecule has 2 aromatic heterocycles. The molecule has 3 rings (SSSR count). The molecule has 1 unspecified atom stereocenters. The lowest BCUT2D eigenvalue weighted by Gasteiger charge is -2.23. The molecular weight excluding hydrogens is 339 g/mol. The third-order valence-electron chi connectivity index (χ3n) is 3.50. The number of hydrogen-bond acceptors (Lipinski definition) is 6. The first kappa shape index (κ1) is 18.8. The Bertz CT molecular complexity index is 705. The maximum atomic E-state index is 10.6. The van der Waals surface area contributed by atoms with Crippen molar-refractivity contribution in [1.82, 2.24) is 20.3 Å². The van der Waals surface area contributed by atoms with Crippen LogP contribution in [0.5, 0.6) is 0 Å². The van der Waals surface area contributed by atoms with E-state index in [2.05, 4.69) is 25.6 Å². The van der Waals surface area contributed by atoms with E-state index in [9.17, 15) is 13.2 Å². The van der Waals surface area contributed by atoms with Crippen LogP contribution < -0.4 is 10.6 Å². The highest BCUT2D eigenvalue weighted by Crippen LogP contribution is 2.13. The van der Waals surface area contributed by atoms with E-state index in [0.717, 1.165) is 24.4 Å². The topological polar surface area (TPSA) is 100 Å². The van der Waals surface area contributed by atoms with Crippen molar-refractivity contribution in [3.05, 3.63) is 24.5 Å². The quantitative estimate of drug-likeness (QED) is 0.774. The predicted molar refractivity (Wildman–Crippen MR) is 85.2 cm³/mol. The first-order chi connectivity index (χ1) is 11.9. The van der Waals surface area contributed by atoms with Crippen molar-refractivity contribution in [2.45, 2.75) is 31.5 Å². The standard InChI is InChI=1S/C13H17N5.C2HF3O2/c1-2-6-14-10(4-1)8-16-12-9-17-13-11(18-12)5-3-7-15-13;3-2(4,5)1(6)7/h3,5,7,9-10,14H,1-2,4,6,8H2,(H,16,18);(H,6,7). The van der Waals surface area contributed by atoms with Crippen molar-refractivity contribution in [1.29, 1.82) is 0 Å². The van der Waals surface area contributed by atoms with E-state index < -0.39 is 12.1 Å². The molecule has 1 aliphatic heterocycles. The van der Waals surface area contributed by atoms with Crippen LogP contribution in [-0.2, 0) is 4.79 Å². The average Bonchev–Trinajstić information content (AvgIpc) is 2.60. The van der Waals surface area contributed by atoms with Crippen molar-refractivity contribution in [3.63, 3.8) is 0 Å². The van der Waals surface area contributed by atoms with Gasteiger partial charge in [-0.25, -0.2) is 19.7 Å². The van der Waals surface area contributed by atoms with Gasteiger partial charge in [-0.3, -0.25) is 0 Å². The summed E-state index contributed by atoms with van der Waals surface area (Å²) in [6.45, 7) is 2.03. The molecule has 136 valence electrons. The first-order valence-electron chi connectivity index (χ1n) is 7.71. The average molecular weight is 357 g/mol. The van der Waals surface area contributed by atoms with Crippen LogP contribution in [-0.4, -0.2) is 51.3 Å². The molecule has 7 nitrogen and oxygen atoms in total. The number of piperidine rings is 1. The van der Waals surface area contributed by atoms with E-state index in [1.807, 2.05) is 12.1 Å². The normalized spacial score (nSPS) is 17.5. The van der Waals surface area contributed by atoms with Gasteiger partial charge < -0.3 is 15.7 Å². The van der Waals surface area contributed by atoms with Crippen molar-refractivity contribution < 1.29 is 23.1 Å². The molecule has 25 heavy (non-hydrogen) atoms. The summed E-state index contributed by atoms with van der Waals surface area (Å²) in [5, 5.41) is 14.0. The van der Waals surface area contributed by atoms with E-state index in [4.69, 9.17) is 9.90 Å². The highest BCUT2D eigenvalue weighted by atomic mass is 19.4. The molecule has 0 aliphatic carbocycles. The molecule has 1 atom stereocenters. The van der Waals surface area contributed by atoms with Gasteiger partial charge in [0, 0.05) is 18.8 Å². The van der Waals surface area contributed by atoms with Crippen LogP contribution in [0.25, 0.3) is 11.2 Å². The van der Waals surface area contributed by atoms with Gasteiger partial charge in [-0.05, 0) is 31.5 Å². The fraction of sp³-hybridized carbons (Fsp3) is 0.467. The number of nitrogens with zero attached hydrogens (tertiary/aromatic N) is 3. The van der Waals surface area contributed by atoms with E-state index in [1.165, 1.54) is 19.3 Å². The molecule has 10 heteroatoms. The Hall–Kier alpha value is -2.49. The molecule has 0 saturated carbocycles. The number of alkyl halides is 3. The lowest BCUT2D eigenvalue weighted by molar-refractivity contribution is -0.192. The van der Waals surface area contributed by atoms with Crippen molar-refractivity contribution in [2.24, 2.45) is 0 Å². The molecule has 1 aliphatic rings. The number of pyridine rings is 1. The molecule has 3 heterocycles. The number of carbonyl (C=O) groups is 1. The molecule has 2 aromatic rings. The third-order valence-corrected chi connectivity index (χ3v) is 3.50. The fourth-order valence-corrected chi connectivity index (χ4v) is 2.27. The number of fused-ring (bicyclic) bond motifs is 1. The van der Waals surface area contributed by atoms with Crippen LogP contribution in [0, 0.1) is 0 Å². The zero-order chi connectivity index (χ0) is 18.3. The number of aromatic nitrogens is 3. The van der Waals surface area contributed by atoms with Gasteiger partial charge in [0.05, 0.1) is 6.20 Å². The third kappa shape index (κ3) is 6.14. The summed E-state index contributed by atoms with van der Waals surface area (Å²) < 4.78 is 31.7. The van der Waals surface area contributed by atoms with Gasteiger partial charge in [0.2, 0.25) is 0 Å². The van der Waals surface area contributed by atoms with Crippen LogP contribution in [0.4, 0.5) is 19.0 Å². The number of hydrogen-bond donors (Lipinski definition) is 3. The Morgan fingerprint density at radius 1 is 1.36 bits per heavy atom. The molecular formula is C15H18F3N5O2. The smallest absolute Gasteiger partial charge is 0.475 e. The minimum absolute atomic E-state index is 0.546. The Kier molecular flexibility index (Phi) is 6.45. The molecule has 1 fully saturated rings. The number of nitrogens with one attached hydrogen (secondary N) is 2. The Labute approximate surface area is 141 Å². The summed E-state index contributed by atoms with van der Waals surface area (Å²) in [6.07, 6.45) is 2.23. The summed E-state index contributed by atoms with van der Waals surface area (Å²) in [4.78, 5) is 21.8. The lowest BCUT2D eigenvalue weighted by Crippen LogP contribution is -2.39. The number of halogens is 3. The monoisotopic (exact) mass is 357 g/mol. The minimum atomic E-state index is -5.08. The summed E-state index contributed by atoms with van der Waals surface area (Å²) >= 11 is 0. The van der Waals surface area contributed by atoms with Gasteiger partial charge in [0.15, 0.2) is 5.65 Å². The predicted octanol–water partition coefficient (Wildman–Crippen LogP) is 2.21. The Balaban J connectivity index is 0.000000277. The van der Waals surface area contributed by atoms with Gasteiger partial charge >= 0.3 is 12.1 Å². The van der Waals surface area contributed by atoms with Crippen molar-refractivity contribution >= 4 is 23.0 Å². The molecule has 1 saturated heterocycles. The second-order valence-corrected chi connectivity index (χ2v) is 5.43. The Morgan fingerprint density at radius 3 is 2.76 bits per heavy atom. The number of carboxylic acids is 1. The van der Waals surface area contributed by atoms with E-state index in [-0.39, 0.29) is 0 Å². The number of rotatable bonds is 3. The van der Waals surface area contributed by atoms with Crippen LogP contribution in [0.15, 0.2) is 24.5 Å². The molecule has 0 bridgehead atoms. The summed E-state index contributed by atoms with van der Waals surface area (Å²) in [5.41, 5.74) is 1.53. The van der Waals surface area contributed by atoms with E-state index in [0.29, 0.717) is 11.7 Å². The zero-order valence-corrected chi connectivity index (χ0v) is 13.3. The van der Waals surface area contributed by atoms with Gasteiger partial charge in [0.25, 0.3) is 0 Å². The summed E-state index contributed by atoms with van der Waals surface area (Å²) in [7, 11) is 0. The van der Waals surface area contributed by atoms with Gasteiger partial charge in [-0.1, -0.05) is 6.42 Å². The zero-order valence-electron chi connectivity index (χ0n) is 13.3. The van der Waals surface area contributed by atoms with Crippen LogP contribution >= 0.6 is 0 Å². The highest BCUT2D eigenvalue weighted by Gasteiger charge is 2.38. The second kappa shape index (κ2) is 8.56. The largest absolute Gasteiger partial charge is 0.490 e.